The van der Waals surface area contributed by atoms with E-state index in [2.05, 4.69) is 0 Å². The Morgan fingerprint density at radius 2 is 1.85 bits per heavy atom. The lowest BCUT2D eigenvalue weighted by atomic mass is 9.86. The Labute approximate surface area is 157 Å². The van der Waals surface area contributed by atoms with Gasteiger partial charge in [0.15, 0.2) is 0 Å². The quantitative estimate of drug-likeness (QED) is 0.618. The van der Waals surface area contributed by atoms with Gasteiger partial charge in [0, 0.05) is 17.5 Å². The number of methoxy groups -OCH3 is 1. The lowest BCUT2D eigenvalue weighted by Crippen LogP contribution is -2.30. The van der Waals surface area contributed by atoms with Gasteiger partial charge in [-0.05, 0) is 37.6 Å². The van der Waals surface area contributed by atoms with Gasteiger partial charge in [-0.1, -0.05) is 18.2 Å². The predicted octanol–water partition coefficient (Wildman–Crippen LogP) is 3.63. The van der Waals surface area contributed by atoms with Gasteiger partial charge in [0.05, 0.1) is 18.9 Å². The predicted molar refractivity (Wildman–Crippen MR) is 98.4 cm³/mol. The van der Waals surface area contributed by atoms with Crippen molar-refractivity contribution in [3.8, 4) is 17.2 Å². The van der Waals surface area contributed by atoms with Crippen LogP contribution in [0.2, 0.25) is 0 Å². The van der Waals surface area contributed by atoms with Gasteiger partial charge in [-0.15, -0.1) is 0 Å². The molecule has 0 saturated carbocycles. The molecule has 0 aromatic heterocycles. The molecule has 6 heteroatoms. The molecule has 1 N–H and O–H groups in total. The van der Waals surface area contributed by atoms with Crippen LogP contribution in [0.5, 0.6) is 17.2 Å². The molecule has 0 fully saturated rings. The summed E-state index contributed by atoms with van der Waals surface area (Å²) >= 11 is 0. The highest BCUT2D eigenvalue weighted by atomic mass is 16.5. The molecule has 1 aliphatic heterocycles. The van der Waals surface area contributed by atoms with Crippen molar-refractivity contribution in [3.05, 3.63) is 53.6 Å². The molecule has 27 heavy (non-hydrogen) atoms. The second-order valence-corrected chi connectivity index (χ2v) is 7.18. The van der Waals surface area contributed by atoms with E-state index in [0.717, 1.165) is 16.9 Å². The summed E-state index contributed by atoms with van der Waals surface area (Å²) in [5.74, 6) is 0.292. The molecular weight excluding hydrogens is 348 g/mol. The smallest absolute Gasteiger partial charge is 0.312 e. The fourth-order valence-electron chi connectivity index (χ4n) is 2.88. The number of hydrogen-bond acceptors (Lipinski definition) is 5. The Hall–Kier alpha value is -3.02. The molecule has 6 nitrogen and oxygen atoms in total. The lowest BCUT2D eigenvalue weighted by Gasteiger charge is -2.26. The topological polar surface area (TPSA) is 82.1 Å². The molecule has 3 rings (SSSR count). The third kappa shape index (κ3) is 4.05. The number of carbonyl (C=O) groups is 2. The first-order chi connectivity index (χ1) is 12.8. The van der Waals surface area contributed by atoms with Gasteiger partial charge in [0.2, 0.25) is 0 Å². The van der Waals surface area contributed by atoms with E-state index >= 15 is 0 Å². The summed E-state index contributed by atoms with van der Waals surface area (Å²) in [6.45, 7) is 3.19. The van der Waals surface area contributed by atoms with Gasteiger partial charge in [-0.2, -0.15) is 0 Å². The maximum Gasteiger partial charge on any atom is 0.312 e. The van der Waals surface area contributed by atoms with Gasteiger partial charge in [-0.25, -0.2) is 0 Å². The molecule has 1 unspecified atom stereocenters. The van der Waals surface area contributed by atoms with Crippen LogP contribution in [0.25, 0.3) is 0 Å². The molecule has 0 aliphatic carbocycles. The Morgan fingerprint density at radius 1 is 1.19 bits per heavy atom. The van der Waals surface area contributed by atoms with E-state index in [-0.39, 0.29) is 24.9 Å². The second kappa shape index (κ2) is 7.31. The normalized spacial score (nSPS) is 16.3. The summed E-state index contributed by atoms with van der Waals surface area (Å²) in [5.41, 5.74) is 0.872. The highest BCUT2D eigenvalue weighted by Gasteiger charge is 2.30. The minimum absolute atomic E-state index is 0.0109. The van der Waals surface area contributed by atoms with Crippen molar-refractivity contribution in [2.75, 3.05) is 13.7 Å². The third-order valence-electron chi connectivity index (χ3n) is 4.65. The average Bonchev–Trinajstić information content (AvgIpc) is 2.65. The van der Waals surface area contributed by atoms with Crippen molar-refractivity contribution >= 4 is 11.9 Å². The van der Waals surface area contributed by atoms with Crippen molar-refractivity contribution < 1.29 is 28.9 Å². The van der Waals surface area contributed by atoms with Gasteiger partial charge < -0.3 is 19.3 Å². The van der Waals surface area contributed by atoms with E-state index < -0.39 is 11.4 Å². The highest BCUT2D eigenvalue weighted by Crippen LogP contribution is 2.41. The molecule has 0 saturated heterocycles. The Balaban J connectivity index is 1.85. The number of benzene rings is 2. The van der Waals surface area contributed by atoms with E-state index in [1.54, 1.807) is 33.1 Å². The number of carboxylic acids is 1. The Bertz CT molecular complexity index is 853. The Kier molecular flexibility index (Phi) is 5.08. The Morgan fingerprint density at radius 3 is 2.48 bits per heavy atom. The number of ether oxygens (including phenoxy) is 3. The molecule has 2 aromatic rings. The molecule has 0 bridgehead atoms. The third-order valence-corrected chi connectivity index (χ3v) is 4.65. The van der Waals surface area contributed by atoms with Crippen molar-refractivity contribution in [1.29, 1.82) is 0 Å². The highest BCUT2D eigenvalue weighted by molar-refractivity contribution is 5.78. The monoisotopic (exact) mass is 370 g/mol. The van der Waals surface area contributed by atoms with E-state index in [4.69, 9.17) is 14.2 Å². The molecule has 1 aliphatic rings. The van der Waals surface area contributed by atoms with Crippen molar-refractivity contribution in [3.63, 3.8) is 0 Å². The molecule has 0 spiro atoms. The number of rotatable bonds is 6. The fourth-order valence-corrected chi connectivity index (χ4v) is 2.88. The van der Waals surface area contributed by atoms with Crippen molar-refractivity contribution in [1.82, 2.24) is 0 Å². The standard InChI is InChI=1S/C21H22O6/c1-21(2,20(23)24)12-26-15-8-9-16-17(11-19(22)27-18(16)10-15)13-4-6-14(25-3)7-5-13/h4-10,17H,11-12H2,1-3H3,(H,23,24). The van der Waals surface area contributed by atoms with Gasteiger partial charge >= 0.3 is 11.9 Å². The van der Waals surface area contributed by atoms with Crippen LogP contribution in [-0.4, -0.2) is 30.8 Å². The summed E-state index contributed by atoms with van der Waals surface area (Å²) in [6.07, 6.45) is 0.256. The minimum Gasteiger partial charge on any atom is -0.497 e. The van der Waals surface area contributed by atoms with Gasteiger partial charge in [0.1, 0.15) is 23.9 Å². The zero-order valence-corrected chi connectivity index (χ0v) is 15.5. The molecule has 1 atom stereocenters. The average molecular weight is 370 g/mol. The van der Waals surface area contributed by atoms with Crippen LogP contribution in [0.3, 0.4) is 0 Å². The van der Waals surface area contributed by atoms with Crippen molar-refractivity contribution in [2.45, 2.75) is 26.2 Å². The fraction of sp³-hybridized carbons (Fsp3) is 0.333. The van der Waals surface area contributed by atoms with E-state index in [1.807, 2.05) is 30.3 Å². The lowest BCUT2D eigenvalue weighted by molar-refractivity contribution is -0.148. The van der Waals surface area contributed by atoms with Crippen LogP contribution in [0.15, 0.2) is 42.5 Å². The zero-order valence-electron chi connectivity index (χ0n) is 15.5. The van der Waals surface area contributed by atoms with Crippen LogP contribution in [0, 0.1) is 5.41 Å². The second-order valence-electron chi connectivity index (χ2n) is 7.18. The van der Waals surface area contributed by atoms with Crippen LogP contribution < -0.4 is 14.2 Å². The molecule has 1 heterocycles. The van der Waals surface area contributed by atoms with Crippen LogP contribution >= 0.6 is 0 Å². The first kappa shape index (κ1) is 18.8. The maximum absolute atomic E-state index is 12.1. The molecule has 142 valence electrons. The number of fused-ring (bicyclic) bond motifs is 1. The molecule has 2 aromatic carbocycles. The van der Waals surface area contributed by atoms with E-state index in [1.165, 1.54) is 0 Å². The zero-order chi connectivity index (χ0) is 19.6. The number of aliphatic carboxylic acids is 1. The number of hydrogen-bond donors (Lipinski definition) is 1. The first-order valence-electron chi connectivity index (χ1n) is 8.65. The summed E-state index contributed by atoms with van der Waals surface area (Å²) in [5, 5.41) is 9.19. The van der Waals surface area contributed by atoms with Crippen LogP contribution in [0.4, 0.5) is 0 Å². The molecular formula is C21H22O6. The van der Waals surface area contributed by atoms with Gasteiger partial charge in [0.25, 0.3) is 0 Å². The number of carbonyl (C=O) groups excluding carboxylic acids is 1. The maximum atomic E-state index is 12.1. The van der Waals surface area contributed by atoms with E-state index in [9.17, 15) is 14.7 Å². The minimum atomic E-state index is -1.02. The number of esters is 1. The van der Waals surface area contributed by atoms with Gasteiger partial charge in [-0.3, -0.25) is 9.59 Å². The molecule has 0 radical (unpaired) electrons. The van der Waals surface area contributed by atoms with Crippen molar-refractivity contribution in [2.24, 2.45) is 5.41 Å². The summed E-state index contributed by atoms with van der Waals surface area (Å²) in [7, 11) is 1.61. The number of carboxylic acid groups (broad SMARTS) is 1. The molecule has 0 amide bonds. The van der Waals surface area contributed by atoms with E-state index in [0.29, 0.717) is 11.5 Å². The summed E-state index contributed by atoms with van der Waals surface area (Å²) < 4.78 is 16.2. The summed E-state index contributed by atoms with van der Waals surface area (Å²) in [4.78, 5) is 23.3. The van der Waals surface area contributed by atoms with Crippen LogP contribution in [-0.2, 0) is 9.59 Å². The first-order valence-corrected chi connectivity index (χ1v) is 8.65. The summed E-state index contributed by atoms with van der Waals surface area (Å²) in [6, 6.07) is 12.9. The largest absolute Gasteiger partial charge is 0.497 e. The SMILES string of the molecule is COc1ccc(C2CC(=O)Oc3cc(OCC(C)(C)C(=O)O)ccc32)cc1. The van der Waals surface area contributed by atoms with Crippen LogP contribution in [0.1, 0.15) is 37.3 Å².